The molecule has 0 aliphatic carbocycles. The van der Waals surface area contributed by atoms with Crippen LogP contribution in [-0.4, -0.2) is 20.6 Å². The zero-order valence-corrected chi connectivity index (χ0v) is 16.9. The Hall–Kier alpha value is -1.98. The summed E-state index contributed by atoms with van der Waals surface area (Å²) >= 11 is 3.35. The molecular formula is C22H22N2OS2. The van der Waals surface area contributed by atoms with Gasteiger partial charge in [0.1, 0.15) is 0 Å². The van der Waals surface area contributed by atoms with Gasteiger partial charge in [-0.05, 0) is 17.5 Å². The summed E-state index contributed by atoms with van der Waals surface area (Å²) < 4.78 is 1.86. The van der Waals surface area contributed by atoms with E-state index in [2.05, 4.69) is 43.3 Å². The van der Waals surface area contributed by atoms with Crippen LogP contribution in [0.25, 0.3) is 0 Å². The second-order valence-electron chi connectivity index (χ2n) is 6.76. The SMILES string of the molecule is C[C@@H]1Cc2nc(SCCc3ccccc3)n(Cc3ccccc3)c(=O)c2S1. The number of nitrogens with zero attached hydrogens (tertiary/aromatic N) is 2. The van der Waals surface area contributed by atoms with Gasteiger partial charge in [0.25, 0.3) is 5.56 Å². The predicted octanol–water partition coefficient (Wildman–Crippen LogP) is 4.66. The van der Waals surface area contributed by atoms with Gasteiger partial charge in [0, 0.05) is 17.4 Å². The fourth-order valence-electron chi connectivity index (χ4n) is 3.25. The number of hydrogen-bond donors (Lipinski definition) is 0. The van der Waals surface area contributed by atoms with Crippen molar-refractivity contribution in [3.05, 3.63) is 87.8 Å². The molecule has 0 bridgehead atoms. The molecule has 2 aromatic carbocycles. The molecule has 1 aliphatic heterocycles. The van der Waals surface area contributed by atoms with E-state index in [1.807, 2.05) is 28.8 Å². The van der Waals surface area contributed by atoms with E-state index in [1.54, 1.807) is 23.5 Å². The van der Waals surface area contributed by atoms with Crippen molar-refractivity contribution in [1.82, 2.24) is 9.55 Å². The average molecular weight is 395 g/mol. The molecule has 1 atom stereocenters. The predicted molar refractivity (Wildman–Crippen MR) is 114 cm³/mol. The largest absolute Gasteiger partial charge is 0.282 e. The van der Waals surface area contributed by atoms with Crippen LogP contribution in [0, 0.1) is 0 Å². The molecule has 4 rings (SSSR count). The van der Waals surface area contributed by atoms with Crippen LogP contribution in [-0.2, 0) is 19.4 Å². The molecule has 0 unspecified atom stereocenters. The van der Waals surface area contributed by atoms with E-state index in [-0.39, 0.29) is 5.56 Å². The van der Waals surface area contributed by atoms with Gasteiger partial charge in [-0.3, -0.25) is 9.36 Å². The molecule has 0 fully saturated rings. The van der Waals surface area contributed by atoms with Crippen molar-refractivity contribution in [3.8, 4) is 0 Å². The van der Waals surface area contributed by atoms with Crippen LogP contribution in [0.15, 0.2) is 75.5 Å². The summed E-state index contributed by atoms with van der Waals surface area (Å²) in [4.78, 5) is 18.9. The number of thioether (sulfide) groups is 2. The van der Waals surface area contributed by atoms with Crippen molar-refractivity contribution in [3.63, 3.8) is 0 Å². The smallest absolute Gasteiger partial charge is 0.268 e. The first-order chi connectivity index (χ1) is 13.2. The number of fused-ring (bicyclic) bond motifs is 1. The molecule has 3 nitrogen and oxygen atoms in total. The number of benzene rings is 2. The molecule has 0 spiro atoms. The lowest BCUT2D eigenvalue weighted by Gasteiger charge is -2.14. The molecule has 0 saturated heterocycles. The monoisotopic (exact) mass is 394 g/mol. The fourth-order valence-corrected chi connectivity index (χ4v) is 5.37. The molecule has 3 aromatic rings. The maximum atomic E-state index is 13.2. The molecule has 0 amide bonds. The first-order valence-electron chi connectivity index (χ1n) is 9.22. The molecule has 1 aliphatic rings. The summed E-state index contributed by atoms with van der Waals surface area (Å²) in [5.74, 6) is 0.909. The highest BCUT2D eigenvalue weighted by Crippen LogP contribution is 2.34. The third kappa shape index (κ3) is 4.30. The summed E-state index contributed by atoms with van der Waals surface area (Å²) in [6.45, 7) is 2.73. The third-order valence-electron chi connectivity index (χ3n) is 4.61. The van der Waals surface area contributed by atoms with Gasteiger partial charge in [-0.25, -0.2) is 4.98 Å². The van der Waals surface area contributed by atoms with Crippen LogP contribution < -0.4 is 5.56 Å². The number of aromatic nitrogens is 2. The Bertz CT molecular complexity index is 971. The Morgan fingerprint density at radius 1 is 1.07 bits per heavy atom. The van der Waals surface area contributed by atoms with Crippen LogP contribution in [0.2, 0.25) is 0 Å². The van der Waals surface area contributed by atoms with E-state index in [1.165, 1.54) is 5.56 Å². The van der Waals surface area contributed by atoms with Crippen LogP contribution in [0.1, 0.15) is 23.7 Å². The summed E-state index contributed by atoms with van der Waals surface area (Å²) in [5, 5.41) is 1.27. The summed E-state index contributed by atoms with van der Waals surface area (Å²) in [5.41, 5.74) is 3.53. The van der Waals surface area contributed by atoms with Crippen LogP contribution in [0.5, 0.6) is 0 Å². The average Bonchev–Trinajstić information content (AvgIpc) is 3.07. The molecule has 1 aromatic heterocycles. The van der Waals surface area contributed by atoms with Gasteiger partial charge < -0.3 is 0 Å². The minimum atomic E-state index is 0.111. The summed E-state index contributed by atoms with van der Waals surface area (Å²) in [7, 11) is 0. The Labute approximate surface area is 168 Å². The number of rotatable bonds is 6. The molecular weight excluding hydrogens is 372 g/mol. The summed E-state index contributed by atoms with van der Waals surface area (Å²) in [6.07, 6.45) is 1.85. The van der Waals surface area contributed by atoms with Gasteiger partial charge >= 0.3 is 0 Å². The normalized spacial score (nSPS) is 15.7. The Balaban J connectivity index is 1.61. The van der Waals surface area contributed by atoms with Crippen molar-refractivity contribution >= 4 is 23.5 Å². The Kier molecular flexibility index (Phi) is 5.69. The molecule has 0 saturated carbocycles. The van der Waals surface area contributed by atoms with Gasteiger partial charge in [-0.2, -0.15) is 0 Å². The minimum Gasteiger partial charge on any atom is -0.282 e. The van der Waals surface area contributed by atoms with Crippen LogP contribution in [0.3, 0.4) is 0 Å². The maximum absolute atomic E-state index is 13.2. The van der Waals surface area contributed by atoms with Gasteiger partial charge in [-0.1, -0.05) is 79.3 Å². The standard InChI is InChI=1S/C22H22N2OS2/c1-16-14-19-20(27-16)21(25)24(15-18-10-6-3-7-11-18)22(23-19)26-13-12-17-8-4-2-5-9-17/h2-11,16H,12-15H2,1H3/t16-/m1/s1. The molecule has 138 valence electrons. The van der Waals surface area contributed by atoms with E-state index in [9.17, 15) is 4.79 Å². The van der Waals surface area contributed by atoms with Crippen molar-refractivity contribution in [2.45, 2.75) is 41.6 Å². The minimum absolute atomic E-state index is 0.111. The summed E-state index contributed by atoms with van der Waals surface area (Å²) in [6, 6.07) is 20.6. The van der Waals surface area contributed by atoms with E-state index in [0.717, 1.165) is 39.9 Å². The molecule has 2 heterocycles. The van der Waals surface area contributed by atoms with E-state index < -0.39 is 0 Å². The Morgan fingerprint density at radius 3 is 2.44 bits per heavy atom. The Morgan fingerprint density at radius 2 is 1.74 bits per heavy atom. The van der Waals surface area contributed by atoms with E-state index in [0.29, 0.717) is 11.8 Å². The van der Waals surface area contributed by atoms with Crippen LogP contribution in [0.4, 0.5) is 0 Å². The first-order valence-corrected chi connectivity index (χ1v) is 11.1. The van der Waals surface area contributed by atoms with Crippen LogP contribution >= 0.6 is 23.5 Å². The lowest BCUT2D eigenvalue weighted by atomic mass is 10.2. The molecule has 5 heteroatoms. The third-order valence-corrected chi connectivity index (χ3v) is 6.80. The zero-order valence-electron chi connectivity index (χ0n) is 15.3. The van der Waals surface area contributed by atoms with Crippen molar-refractivity contribution in [2.24, 2.45) is 0 Å². The van der Waals surface area contributed by atoms with Gasteiger partial charge in [0.2, 0.25) is 0 Å². The topological polar surface area (TPSA) is 34.9 Å². The molecule has 0 radical (unpaired) electrons. The lowest BCUT2D eigenvalue weighted by Crippen LogP contribution is -2.26. The fraction of sp³-hybridized carbons (Fsp3) is 0.273. The van der Waals surface area contributed by atoms with Gasteiger partial charge in [0.05, 0.1) is 17.1 Å². The van der Waals surface area contributed by atoms with Crippen molar-refractivity contribution < 1.29 is 0 Å². The number of hydrogen-bond acceptors (Lipinski definition) is 4. The first kappa shape index (κ1) is 18.4. The van der Waals surface area contributed by atoms with Crippen molar-refractivity contribution in [2.75, 3.05) is 5.75 Å². The quantitative estimate of drug-likeness (QED) is 0.450. The highest BCUT2D eigenvalue weighted by molar-refractivity contribution is 8.00. The number of aryl methyl sites for hydroxylation is 1. The van der Waals surface area contributed by atoms with Gasteiger partial charge in [-0.15, -0.1) is 11.8 Å². The second-order valence-corrected chi connectivity index (χ2v) is 9.27. The maximum Gasteiger partial charge on any atom is 0.268 e. The second kappa shape index (κ2) is 8.36. The van der Waals surface area contributed by atoms with Gasteiger partial charge in [0.15, 0.2) is 5.16 Å². The van der Waals surface area contributed by atoms with Crippen molar-refractivity contribution in [1.29, 1.82) is 0 Å². The molecule has 27 heavy (non-hydrogen) atoms. The van der Waals surface area contributed by atoms with E-state index >= 15 is 0 Å². The highest BCUT2D eigenvalue weighted by Gasteiger charge is 2.26. The molecule has 0 N–H and O–H groups in total. The lowest BCUT2D eigenvalue weighted by molar-refractivity contribution is 0.614. The highest BCUT2D eigenvalue weighted by atomic mass is 32.2. The van der Waals surface area contributed by atoms with E-state index in [4.69, 9.17) is 4.98 Å². The zero-order chi connectivity index (χ0) is 18.6.